The van der Waals surface area contributed by atoms with Crippen LogP contribution in [0.1, 0.15) is 13.3 Å². The van der Waals surface area contributed by atoms with Crippen LogP contribution >= 0.6 is 0 Å². The second-order valence-electron chi connectivity index (χ2n) is 0.724. The second kappa shape index (κ2) is 8.85. The van der Waals surface area contributed by atoms with Crippen molar-refractivity contribution < 1.29 is 5.11 Å². The van der Waals surface area contributed by atoms with Gasteiger partial charge in [0.1, 0.15) is 0 Å². The van der Waals surface area contributed by atoms with Gasteiger partial charge in [0.15, 0.2) is 0 Å². The Kier molecular flexibility index (Phi) is 16.4. The molecule has 1 nitrogen and oxygen atoms in total. The Morgan fingerprint density at radius 1 is 1.60 bits per heavy atom. The molecular weight excluding hydrogens is 261 g/mol. The number of aliphatic hydroxyl groups excluding tert-OH is 1. The van der Waals surface area contributed by atoms with Crippen LogP contribution in [0.25, 0.3) is 0 Å². The van der Waals surface area contributed by atoms with E-state index in [1.807, 2.05) is 6.92 Å². The summed E-state index contributed by atoms with van der Waals surface area (Å²) in [4.78, 5) is 0. The van der Waals surface area contributed by atoms with E-state index in [-0.39, 0.29) is 26.2 Å². The molecule has 0 saturated heterocycles. The van der Waals surface area contributed by atoms with Gasteiger partial charge in [-0.3, -0.25) is 0 Å². The zero-order chi connectivity index (χ0) is 3.41. The van der Waals surface area contributed by atoms with E-state index in [0.717, 1.165) is 6.42 Å². The van der Waals surface area contributed by atoms with Crippen molar-refractivity contribution in [2.24, 2.45) is 0 Å². The first kappa shape index (κ1) is 9.28. The van der Waals surface area contributed by atoms with Crippen molar-refractivity contribution >= 4 is 26.2 Å². The van der Waals surface area contributed by atoms with Gasteiger partial charge in [-0.15, -0.1) is 0 Å². The fourth-order valence-electron chi connectivity index (χ4n) is 0. The van der Waals surface area contributed by atoms with E-state index in [2.05, 4.69) is 0 Å². The van der Waals surface area contributed by atoms with Gasteiger partial charge in [0.25, 0.3) is 0 Å². The fourth-order valence-corrected chi connectivity index (χ4v) is 0. The maximum absolute atomic E-state index is 7.88. The molecule has 5 heavy (non-hydrogen) atoms. The molecule has 1 N–H and O–H groups in total. The molecule has 0 spiro atoms. The van der Waals surface area contributed by atoms with Crippen molar-refractivity contribution in [3.63, 3.8) is 0 Å². The number of hydrogen-bond acceptors (Lipinski definition) is 1. The van der Waals surface area contributed by atoms with Gasteiger partial charge < -0.3 is 5.11 Å². The summed E-state index contributed by atoms with van der Waals surface area (Å²) >= 11 is 0. The SMILES string of the molecule is CCCO.[BiH3]. The van der Waals surface area contributed by atoms with Gasteiger partial charge in [0.05, 0.1) is 0 Å². The molecule has 0 radical (unpaired) electrons. The van der Waals surface area contributed by atoms with Crippen LogP contribution in [-0.2, 0) is 0 Å². The summed E-state index contributed by atoms with van der Waals surface area (Å²) in [6, 6.07) is 0. The molecular formula is C3H11BiO. The van der Waals surface area contributed by atoms with Gasteiger partial charge in [-0.2, -0.15) is 0 Å². The Morgan fingerprint density at radius 3 is 1.80 bits per heavy atom. The summed E-state index contributed by atoms with van der Waals surface area (Å²) in [7, 11) is 0. The Hall–Kier alpha value is 0.843. The Morgan fingerprint density at radius 2 is 1.80 bits per heavy atom. The van der Waals surface area contributed by atoms with Crippen LogP contribution in [0.15, 0.2) is 0 Å². The minimum atomic E-state index is 0. The molecule has 34 valence electrons. The Balaban J connectivity index is 0. The zero-order valence-corrected chi connectivity index (χ0v) is 9.07. The molecule has 0 atom stereocenters. The summed E-state index contributed by atoms with van der Waals surface area (Å²) in [6.07, 6.45) is 0.875. The Labute approximate surface area is 51.5 Å². The van der Waals surface area contributed by atoms with Crippen LogP contribution in [0.3, 0.4) is 0 Å². The number of hydrogen-bond donors (Lipinski definition) is 1. The van der Waals surface area contributed by atoms with Gasteiger partial charge in [-0.25, -0.2) is 0 Å². The van der Waals surface area contributed by atoms with E-state index in [9.17, 15) is 0 Å². The van der Waals surface area contributed by atoms with E-state index in [1.54, 1.807) is 0 Å². The molecule has 0 aromatic rings. The van der Waals surface area contributed by atoms with Gasteiger partial charge in [-0.1, -0.05) is 6.92 Å². The Bertz CT molecular complexity index is 8.85. The normalized spacial score (nSPS) is 6.00. The van der Waals surface area contributed by atoms with E-state index in [0.29, 0.717) is 6.61 Å². The summed E-state index contributed by atoms with van der Waals surface area (Å²) in [6.45, 7) is 2.25. The molecule has 0 unspecified atom stereocenters. The standard InChI is InChI=1S/C3H8O.Bi.3H/c1-2-3-4;;;;/h4H,2-3H2,1H3;;;;. The van der Waals surface area contributed by atoms with Crippen molar-refractivity contribution in [1.82, 2.24) is 0 Å². The maximum atomic E-state index is 7.88. The average molecular weight is 272 g/mol. The van der Waals surface area contributed by atoms with Crippen LogP contribution in [-0.4, -0.2) is 37.9 Å². The monoisotopic (exact) mass is 272 g/mol. The first-order valence-corrected chi connectivity index (χ1v) is 1.52. The third-order valence-electron chi connectivity index (χ3n) is 0.224. The number of aliphatic hydroxyl groups is 1. The van der Waals surface area contributed by atoms with Crippen molar-refractivity contribution in [3.8, 4) is 0 Å². The van der Waals surface area contributed by atoms with Gasteiger partial charge in [-0.05, 0) is 6.42 Å². The van der Waals surface area contributed by atoms with Gasteiger partial charge >= 0.3 is 26.2 Å². The molecule has 0 aliphatic carbocycles. The molecule has 0 amide bonds. The third-order valence-corrected chi connectivity index (χ3v) is 0.224. The summed E-state index contributed by atoms with van der Waals surface area (Å²) in [5.41, 5.74) is 0. The predicted octanol–water partition coefficient (Wildman–Crippen LogP) is -0.795. The molecule has 0 aliphatic rings. The first-order valence-electron chi connectivity index (χ1n) is 1.52. The molecule has 0 saturated carbocycles. The molecule has 2 heteroatoms. The average Bonchev–Trinajstić information content (AvgIpc) is 1.37. The van der Waals surface area contributed by atoms with E-state index < -0.39 is 0 Å². The third kappa shape index (κ3) is 11.5. The predicted molar refractivity (Wildman–Crippen MR) is 27.3 cm³/mol. The summed E-state index contributed by atoms with van der Waals surface area (Å²) in [5.74, 6) is 0. The van der Waals surface area contributed by atoms with Crippen molar-refractivity contribution in [1.29, 1.82) is 0 Å². The van der Waals surface area contributed by atoms with Crippen molar-refractivity contribution in [3.05, 3.63) is 0 Å². The zero-order valence-electron chi connectivity index (χ0n) is 3.57. The van der Waals surface area contributed by atoms with Crippen molar-refractivity contribution in [2.45, 2.75) is 13.3 Å². The second-order valence-corrected chi connectivity index (χ2v) is 0.724. The van der Waals surface area contributed by atoms with Gasteiger partial charge in [0.2, 0.25) is 0 Å². The van der Waals surface area contributed by atoms with Crippen LogP contribution in [0, 0.1) is 0 Å². The van der Waals surface area contributed by atoms with E-state index >= 15 is 0 Å². The minimum absolute atomic E-state index is 0. The fraction of sp³-hybridized carbons (Fsp3) is 1.00. The van der Waals surface area contributed by atoms with E-state index in [4.69, 9.17) is 5.11 Å². The molecule has 0 fully saturated rings. The molecule has 0 bridgehead atoms. The van der Waals surface area contributed by atoms with Crippen LogP contribution in [0.5, 0.6) is 0 Å². The summed E-state index contributed by atoms with van der Waals surface area (Å²) in [5, 5.41) is 7.88. The molecule has 0 aromatic heterocycles. The van der Waals surface area contributed by atoms with Crippen LogP contribution < -0.4 is 0 Å². The topological polar surface area (TPSA) is 20.2 Å². The summed E-state index contributed by atoms with van der Waals surface area (Å²) < 4.78 is 0. The molecule has 0 aliphatic heterocycles. The number of rotatable bonds is 1. The first-order chi connectivity index (χ1) is 1.91. The van der Waals surface area contributed by atoms with Crippen LogP contribution in [0.2, 0.25) is 0 Å². The van der Waals surface area contributed by atoms with E-state index in [1.165, 1.54) is 0 Å². The molecule has 0 aromatic carbocycles. The van der Waals surface area contributed by atoms with Crippen LogP contribution in [0.4, 0.5) is 0 Å². The van der Waals surface area contributed by atoms with Gasteiger partial charge in [0, 0.05) is 6.61 Å². The quantitative estimate of drug-likeness (QED) is 0.620. The van der Waals surface area contributed by atoms with Crippen molar-refractivity contribution in [2.75, 3.05) is 6.61 Å². The molecule has 0 heterocycles. The molecule has 0 rings (SSSR count).